The van der Waals surface area contributed by atoms with Gasteiger partial charge in [-0.15, -0.1) is 0 Å². The van der Waals surface area contributed by atoms with Crippen molar-refractivity contribution in [2.24, 2.45) is 5.92 Å². The van der Waals surface area contributed by atoms with Crippen LogP contribution in [0.4, 0.5) is 0 Å². The lowest BCUT2D eigenvalue weighted by molar-refractivity contribution is -0.118. The van der Waals surface area contributed by atoms with Gasteiger partial charge in [0.05, 0.1) is 6.42 Å². The van der Waals surface area contributed by atoms with Crippen LogP contribution in [-0.4, -0.2) is 33.6 Å². The number of rotatable bonds is 7. The standard InChI is InChI=1S/C13H22N4O/c1-2-7-17-13(15-10-16-17)8-12(18)4-3-11-5-6-14-9-11/h10-11,14H,2-9H2,1H3. The summed E-state index contributed by atoms with van der Waals surface area (Å²) in [6, 6.07) is 0. The molecule has 0 saturated carbocycles. The minimum absolute atomic E-state index is 0.284. The zero-order chi connectivity index (χ0) is 12.8. The van der Waals surface area contributed by atoms with Crippen LogP contribution in [0.5, 0.6) is 0 Å². The topological polar surface area (TPSA) is 59.8 Å². The molecule has 1 saturated heterocycles. The minimum Gasteiger partial charge on any atom is -0.316 e. The quantitative estimate of drug-likeness (QED) is 0.789. The average Bonchev–Trinajstić information content (AvgIpc) is 2.99. The SMILES string of the molecule is CCCn1ncnc1CC(=O)CCC1CCNC1. The molecule has 0 bridgehead atoms. The van der Waals surface area contributed by atoms with E-state index in [-0.39, 0.29) is 5.78 Å². The van der Waals surface area contributed by atoms with E-state index in [0.717, 1.165) is 38.3 Å². The molecule has 5 nitrogen and oxygen atoms in total. The molecule has 1 atom stereocenters. The van der Waals surface area contributed by atoms with E-state index in [1.54, 1.807) is 6.33 Å². The van der Waals surface area contributed by atoms with Crippen LogP contribution in [0.1, 0.15) is 38.4 Å². The molecule has 5 heteroatoms. The highest BCUT2D eigenvalue weighted by Crippen LogP contribution is 2.15. The van der Waals surface area contributed by atoms with Crippen LogP contribution in [0, 0.1) is 5.92 Å². The summed E-state index contributed by atoms with van der Waals surface area (Å²) >= 11 is 0. The Hall–Kier alpha value is -1.23. The Balaban J connectivity index is 1.77. The maximum atomic E-state index is 11.9. The molecule has 1 unspecified atom stereocenters. The summed E-state index contributed by atoms with van der Waals surface area (Å²) in [5, 5.41) is 7.47. The van der Waals surface area contributed by atoms with E-state index < -0.39 is 0 Å². The van der Waals surface area contributed by atoms with E-state index in [4.69, 9.17) is 0 Å². The van der Waals surface area contributed by atoms with Crippen molar-refractivity contribution in [3.05, 3.63) is 12.2 Å². The van der Waals surface area contributed by atoms with Crippen molar-refractivity contribution in [1.29, 1.82) is 0 Å². The number of carbonyl (C=O) groups is 1. The third kappa shape index (κ3) is 3.63. The Kier molecular flexibility index (Phi) is 4.87. The fourth-order valence-electron chi connectivity index (χ4n) is 2.41. The lowest BCUT2D eigenvalue weighted by Gasteiger charge is -2.07. The number of Topliss-reactive ketones (excluding diaryl/α,β-unsaturated/α-hetero) is 1. The number of nitrogens with one attached hydrogen (secondary N) is 1. The van der Waals surface area contributed by atoms with E-state index in [2.05, 4.69) is 22.3 Å². The summed E-state index contributed by atoms with van der Waals surface area (Å²) in [7, 11) is 0. The van der Waals surface area contributed by atoms with E-state index in [1.165, 1.54) is 6.42 Å². The molecule has 1 aliphatic heterocycles. The van der Waals surface area contributed by atoms with Gasteiger partial charge in [-0.25, -0.2) is 9.67 Å². The first-order valence-electron chi connectivity index (χ1n) is 6.88. The monoisotopic (exact) mass is 250 g/mol. The number of aryl methyl sites for hydroxylation is 1. The lowest BCUT2D eigenvalue weighted by Crippen LogP contribution is -2.13. The van der Waals surface area contributed by atoms with Crippen molar-refractivity contribution in [2.75, 3.05) is 13.1 Å². The van der Waals surface area contributed by atoms with Crippen LogP contribution in [0.15, 0.2) is 6.33 Å². The number of nitrogens with zero attached hydrogens (tertiary/aromatic N) is 3. The van der Waals surface area contributed by atoms with Crippen LogP contribution in [0.2, 0.25) is 0 Å². The molecule has 0 spiro atoms. The van der Waals surface area contributed by atoms with Gasteiger partial charge in [-0.2, -0.15) is 5.10 Å². The van der Waals surface area contributed by atoms with Gasteiger partial charge in [0.25, 0.3) is 0 Å². The summed E-state index contributed by atoms with van der Waals surface area (Å²) in [6.45, 7) is 5.11. The summed E-state index contributed by atoms with van der Waals surface area (Å²) < 4.78 is 1.84. The number of hydrogen-bond donors (Lipinski definition) is 1. The Bertz CT molecular complexity index is 382. The number of aromatic nitrogens is 3. The van der Waals surface area contributed by atoms with Crippen molar-refractivity contribution in [1.82, 2.24) is 20.1 Å². The molecule has 1 aliphatic rings. The van der Waals surface area contributed by atoms with Gasteiger partial charge >= 0.3 is 0 Å². The molecular weight excluding hydrogens is 228 g/mol. The first-order chi connectivity index (χ1) is 8.79. The molecule has 1 aromatic heterocycles. The second-order valence-corrected chi connectivity index (χ2v) is 5.01. The van der Waals surface area contributed by atoms with Crippen LogP contribution in [0.3, 0.4) is 0 Å². The van der Waals surface area contributed by atoms with Crippen LogP contribution in [-0.2, 0) is 17.8 Å². The normalized spacial score (nSPS) is 19.3. The zero-order valence-electron chi connectivity index (χ0n) is 11.1. The fourth-order valence-corrected chi connectivity index (χ4v) is 2.41. The molecular formula is C13H22N4O. The molecule has 2 heterocycles. The van der Waals surface area contributed by atoms with Gasteiger partial charge < -0.3 is 5.32 Å². The Labute approximate surface area is 108 Å². The van der Waals surface area contributed by atoms with Crippen molar-refractivity contribution >= 4 is 5.78 Å². The van der Waals surface area contributed by atoms with E-state index in [9.17, 15) is 4.79 Å². The first kappa shape index (κ1) is 13.2. The molecule has 0 amide bonds. The third-order valence-electron chi connectivity index (χ3n) is 3.48. The Morgan fingerprint density at radius 2 is 2.50 bits per heavy atom. The van der Waals surface area contributed by atoms with Gasteiger partial charge in [-0.3, -0.25) is 4.79 Å². The fraction of sp³-hybridized carbons (Fsp3) is 0.769. The third-order valence-corrected chi connectivity index (χ3v) is 3.48. The van der Waals surface area contributed by atoms with Crippen molar-refractivity contribution in [3.63, 3.8) is 0 Å². The van der Waals surface area contributed by atoms with Gasteiger partial charge in [-0.05, 0) is 38.3 Å². The molecule has 0 aliphatic carbocycles. The summed E-state index contributed by atoms with van der Waals surface area (Å²) in [5.74, 6) is 1.78. The highest BCUT2D eigenvalue weighted by molar-refractivity contribution is 5.80. The van der Waals surface area contributed by atoms with Crippen molar-refractivity contribution in [2.45, 2.75) is 45.6 Å². The van der Waals surface area contributed by atoms with Gasteiger partial charge in [0.1, 0.15) is 17.9 Å². The average molecular weight is 250 g/mol. The molecule has 18 heavy (non-hydrogen) atoms. The second-order valence-electron chi connectivity index (χ2n) is 5.01. The maximum Gasteiger partial charge on any atom is 0.140 e. The number of ketones is 1. The van der Waals surface area contributed by atoms with Crippen LogP contribution in [0.25, 0.3) is 0 Å². The molecule has 1 fully saturated rings. The van der Waals surface area contributed by atoms with E-state index >= 15 is 0 Å². The van der Waals surface area contributed by atoms with Crippen molar-refractivity contribution < 1.29 is 4.79 Å². The highest BCUT2D eigenvalue weighted by atomic mass is 16.1. The maximum absolute atomic E-state index is 11.9. The molecule has 2 rings (SSSR count). The van der Waals surface area contributed by atoms with Gasteiger partial charge in [0.15, 0.2) is 0 Å². The molecule has 1 aromatic rings. The van der Waals surface area contributed by atoms with E-state index in [1.807, 2.05) is 4.68 Å². The van der Waals surface area contributed by atoms with Crippen LogP contribution >= 0.6 is 0 Å². The lowest BCUT2D eigenvalue weighted by atomic mass is 10.00. The Morgan fingerprint density at radius 1 is 1.61 bits per heavy atom. The van der Waals surface area contributed by atoms with Crippen LogP contribution < -0.4 is 5.32 Å². The summed E-state index contributed by atoms with van der Waals surface area (Å²) in [5.41, 5.74) is 0. The summed E-state index contributed by atoms with van der Waals surface area (Å²) in [4.78, 5) is 16.1. The molecule has 0 radical (unpaired) electrons. The Morgan fingerprint density at radius 3 is 3.22 bits per heavy atom. The second kappa shape index (κ2) is 6.64. The predicted molar refractivity (Wildman–Crippen MR) is 69.2 cm³/mol. The van der Waals surface area contributed by atoms with Crippen molar-refractivity contribution in [3.8, 4) is 0 Å². The summed E-state index contributed by atoms with van der Waals surface area (Å²) in [6.07, 6.45) is 5.87. The largest absolute Gasteiger partial charge is 0.316 e. The smallest absolute Gasteiger partial charge is 0.140 e. The highest BCUT2D eigenvalue weighted by Gasteiger charge is 2.16. The minimum atomic E-state index is 0.284. The molecule has 1 N–H and O–H groups in total. The molecule has 100 valence electrons. The van der Waals surface area contributed by atoms with Gasteiger partial charge in [-0.1, -0.05) is 6.92 Å². The molecule has 0 aromatic carbocycles. The van der Waals surface area contributed by atoms with Gasteiger partial charge in [0, 0.05) is 13.0 Å². The van der Waals surface area contributed by atoms with E-state index in [0.29, 0.717) is 18.8 Å². The zero-order valence-corrected chi connectivity index (χ0v) is 11.1. The number of carbonyl (C=O) groups excluding carboxylic acids is 1. The number of hydrogen-bond acceptors (Lipinski definition) is 4. The predicted octanol–water partition coefficient (Wildman–Crippen LogP) is 1.19. The first-order valence-corrected chi connectivity index (χ1v) is 6.88. The van der Waals surface area contributed by atoms with Gasteiger partial charge in [0.2, 0.25) is 0 Å².